The third-order valence-electron chi connectivity index (χ3n) is 3.55. The molecule has 0 bridgehead atoms. The number of ether oxygens (including phenoxy) is 2. The van der Waals surface area contributed by atoms with Gasteiger partial charge >= 0.3 is 5.97 Å². The lowest BCUT2D eigenvalue weighted by atomic mass is 10.2. The minimum Gasteiger partial charge on any atom is -0.459 e. The molecule has 6 nitrogen and oxygen atoms in total. The molecule has 1 aromatic rings. The first-order valence-corrected chi connectivity index (χ1v) is 9.07. The molecular formula is C13H18ClNO5S. The van der Waals surface area contributed by atoms with Crippen molar-refractivity contribution in [3.63, 3.8) is 0 Å². The quantitative estimate of drug-likeness (QED) is 0.453. The second-order valence-corrected chi connectivity index (χ2v) is 7.54. The van der Waals surface area contributed by atoms with Crippen LogP contribution in [-0.4, -0.2) is 39.3 Å². The highest BCUT2D eigenvalue weighted by molar-refractivity contribution is 8.13. The van der Waals surface area contributed by atoms with Gasteiger partial charge in [-0.1, -0.05) is 12.8 Å². The highest BCUT2D eigenvalue weighted by Gasteiger charge is 2.26. The monoisotopic (exact) mass is 335 g/mol. The number of halogens is 1. The first-order valence-electron chi connectivity index (χ1n) is 6.76. The maximum Gasteiger partial charge on any atom is 0.355 e. The van der Waals surface area contributed by atoms with Gasteiger partial charge in [0.2, 0.25) is 0 Å². The summed E-state index contributed by atoms with van der Waals surface area (Å²) in [5.41, 5.74) is 0.220. The van der Waals surface area contributed by atoms with Crippen LogP contribution in [0.15, 0.2) is 17.2 Å². The third-order valence-corrected chi connectivity index (χ3v) is 4.87. The first kappa shape index (κ1) is 16.3. The number of esters is 1. The summed E-state index contributed by atoms with van der Waals surface area (Å²) in [6.45, 7) is 0.407. The lowest BCUT2D eigenvalue weighted by molar-refractivity contribution is 0.0374. The Kier molecular flexibility index (Phi) is 5.29. The summed E-state index contributed by atoms with van der Waals surface area (Å²) in [5.74, 6) is -0.564. The first-order chi connectivity index (χ1) is 9.93. The molecule has 0 spiro atoms. The van der Waals surface area contributed by atoms with Crippen LogP contribution in [0.2, 0.25) is 0 Å². The minimum absolute atomic E-state index is 0.0743. The molecule has 8 heteroatoms. The third kappa shape index (κ3) is 3.99. The second kappa shape index (κ2) is 6.81. The number of methoxy groups -OCH3 is 1. The molecule has 1 aromatic heterocycles. The molecule has 0 aromatic carbocycles. The van der Waals surface area contributed by atoms with E-state index in [0.717, 1.165) is 25.7 Å². The normalized spacial score (nSPS) is 16.3. The van der Waals surface area contributed by atoms with Gasteiger partial charge in [0.25, 0.3) is 9.05 Å². The Morgan fingerprint density at radius 2 is 2.05 bits per heavy atom. The van der Waals surface area contributed by atoms with Crippen LogP contribution in [-0.2, 0) is 18.5 Å². The Morgan fingerprint density at radius 3 is 2.62 bits per heavy atom. The fraction of sp³-hybridized carbons (Fsp3) is 0.615. The van der Waals surface area contributed by atoms with E-state index in [1.54, 1.807) is 4.57 Å². The van der Waals surface area contributed by atoms with Crippen molar-refractivity contribution in [2.24, 2.45) is 0 Å². The van der Waals surface area contributed by atoms with Crippen LogP contribution in [0.5, 0.6) is 0 Å². The average molecular weight is 336 g/mol. The zero-order chi connectivity index (χ0) is 15.5. The molecule has 21 heavy (non-hydrogen) atoms. The van der Waals surface area contributed by atoms with Crippen LogP contribution < -0.4 is 0 Å². The number of rotatable bonds is 6. The number of aromatic nitrogens is 1. The van der Waals surface area contributed by atoms with Gasteiger partial charge in [0.15, 0.2) is 0 Å². The van der Waals surface area contributed by atoms with Crippen molar-refractivity contribution in [2.45, 2.75) is 36.6 Å². The standard InChI is InChI=1S/C13H18ClNO5S/c1-19-6-7-20-13(16)12-8-11(21(14,17)18)9-15(12)10-4-2-3-5-10/h8-10H,2-7H2,1H3. The minimum atomic E-state index is -3.87. The van der Waals surface area contributed by atoms with Crippen LogP contribution in [0.4, 0.5) is 0 Å². The smallest absolute Gasteiger partial charge is 0.355 e. The van der Waals surface area contributed by atoms with Gasteiger partial charge in [0, 0.05) is 30.0 Å². The SMILES string of the molecule is COCCOC(=O)c1cc(S(=O)(=O)Cl)cn1C1CCCC1. The molecular weight excluding hydrogens is 318 g/mol. The van der Waals surface area contributed by atoms with Gasteiger partial charge in [-0.2, -0.15) is 0 Å². The molecule has 0 radical (unpaired) electrons. The predicted molar refractivity (Wildman–Crippen MR) is 77.1 cm³/mol. The van der Waals surface area contributed by atoms with Crippen LogP contribution in [0.3, 0.4) is 0 Å². The van der Waals surface area contributed by atoms with E-state index in [4.69, 9.17) is 20.2 Å². The van der Waals surface area contributed by atoms with Gasteiger partial charge in [0.1, 0.15) is 17.2 Å². The van der Waals surface area contributed by atoms with E-state index in [1.165, 1.54) is 19.4 Å². The number of carbonyl (C=O) groups is 1. The molecule has 1 saturated carbocycles. The van der Waals surface area contributed by atoms with Crippen molar-refractivity contribution in [3.8, 4) is 0 Å². The molecule has 0 aliphatic heterocycles. The van der Waals surface area contributed by atoms with E-state index < -0.39 is 15.0 Å². The maximum atomic E-state index is 12.1. The van der Waals surface area contributed by atoms with Gasteiger partial charge < -0.3 is 14.0 Å². The molecule has 1 aliphatic rings. The number of hydrogen-bond donors (Lipinski definition) is 0. The highest BCUT2D eigenvalue weighted by Crippen LogP contribution is 2.33. The number of hydrogen-bond acceptors (Lipinski definition) is 5. The molecule has 2 rings (SSSR count). The molecule has 0 N–H and O–H groups in total. The van der Waals surface area contributed by atoms with Crippen LogP contribution in [0, 0.1) is 0 Å². The fourth-order valence-corrected chi connectivity index (χ4v) is 3.27. The summed E-state index contributed by atoms with van der Waals surface area (Å²) >= 11 is 0. The number of nitrogens with zero attached hydrogens (tertiary/aromatic N) is 1. The molecule has 0 unspecified atom stereocenters. The molecule has 0 atom stereocenters. The van der Waals surface area contributed by atoms with E-state index in [-0.39, 0.29) is 29.8 Å². The molecule has 1 fully saturated rings. The molecule has 0 amide bonds. The van der Waals surface area contributed by atoms with Crippen molar-refractivity contribution in [1.82, 2.24) is 4.57 Å². The van der Waals surface area contributed by atoms with Gasteiger partial charge in [0.05, 0.1) is 6.61 Å². The van der Waals surface area contributed by atoms with E-state index in [2.05, 4.69) is 0 Å². The summed E-state index contributed by atoms with van der Waals surface area (Å²) in [4.78, 5) is 12.0. The average Bonchev–Trinajstić information content (AvgIpc) is 3.06. The van der Waals surface area contributed by atoms with Crippen LogP contribution >= 0.6 is 10.7 Å². The Labute approximate surface area is 128 Å². The Morgan fingerprint density at radius 1 is 1.38 bits per heavy atom. The van der Waals surface area contributed by atoms with Crippen LogP contribution in [0.25, 0.3) is 0 Å². The van der Waals surface area contributed by atoms with E-state index >= 15 is 0 Å². The lowest BCUT2D eigenvalue weighted by Gasteiger charge is -2.15. The Balaban J connectivity index is 2.28. The van der Waals surface area contributed by atoms with Crippen molar-refractivity contribution in [1.29, 1.82) is 0 Å². The topological polar surface area (TPSA) is 74.6 Å². The lowest BCUT2D eigenvalue weighted by Crippen LogP contribution is -2.16. The largest absolute Gasteiger partial charge is 0.459 e. The van der Waals surface area contributed by atoms with E-state index in [1.807, 2.05) is 0 Å². The van der Waals surface area contributed by atoms with Gasteiger partial charge in [-0.15, -0.1) is 0 Å². The highest BCUT2D eigenvalue weighted by atomic mass is 35.7. The predicted octanol–water partition coefficient (Wildman–Crippen LogP) is 2.33. The molecule has 0 saturated heterocycles. The molecule has 1 heterocycles. The zero-order valence-electron chi connectivity index (χ0n) is 11.7. The van der Waals surface area contributed by atoms with Gasteiger partial charge in [-0.3, -0.25) is 0 Å². The maximum absolute atomic E-state index is 12.1. The van der Waals surface area contributed by atoms with Crippen molar-refractivity contribution in [2.75, 3.05) is 20.3 Å². The fourth-order valence-electron chi connectivity index (χ4n) is 2.53. The summed E-state index contributed by atoms with van der Waals surface area (Å²) in [5, 5.41) is 0. The van der Waals surface area contributed by atoms with Crippen molar-refractivity contribution in [3.05, 3.63) is 18.0 Å². The van der Waals surface area contributed by atoms with Crippen molar-refractivity contribution >= 4 is 25.7 Å². The van der Waals surface area contributed by atoms with Crippen LogP contribution in [0.1, 0.15) is 42.2 Å². The summed E-state index contributed by atoms with van der Waals surface area (Å²) in [7, 11) is 3.00. The number of carbonyl (C=O) groups excluding carboxylic acids is 1. The second-order valence-electron chi connectivity index (χ2n) is 4.97. The van der Waals surface area contributed by atoms with Gasteiger partial charge in [-0.25, -0.2) is 13.2 Å². The Hall–Kier alpha value is -1.05. The van der Waals surface area contributed by atoms with E-state index in [0.29, 0.717) is 0 Å². The summed E-state index contributed by atoms with van der Waals surface area (Å²) in [6.07, 6.45) is 5.36. The van der Waals surface area contributed by atoms with Gasteiger partial charge in [-0.05, 0) is 18.9 Å². The summed E-state index contributed by atoms with van der Waals surface area (Å²) in [6, 6.07) is 1.39. The molecule has 118 valence electrons. The Bertz CT molecular complexity index is 604. The van der Waals surface area contributed by atoms with E-state index in [9.17, 15) is 13.2 Å². The van der Waals surface area contributed by atoms with Crippen molar-refractivity contribution < 1.29 is 22.7 Å². The molecule has 1 aliphatic carbocycles. The zero-order valence-corrected chi connectivity index (χ0v) is 13.3. The summed E-state index contributed by atoms with van der Waals surface area (Å²) < 4.78 is 34.5.